The van der Waals surface area contributed by atoms with Gasteiger partial charge in [-0.05, 0) is 71.6 Å². The number of hydrogen-bond donors (Lipinski definition) is 1. The Morgan fingerprint density at radius 3 is 2.48 bits per heavy atom. The second-order valence-electron chi connectivity index (χ2n) is 8.30. The van der Waals surface area contributed by atoms with E-state index in [1.807, 2.05) is 41.3 Å². The third-order valence-corrected chi connectivity index (χ3v) is 6.31. The lowest BCUT2D eigenvalue weighted by Gasteiger charge is -2.32. The largest absolute Gasteiger partial charge is 0.366 e. The Morgan fingerprint density at radius 1 is 0.968 bits per heavy atom. The van der Waals surface area contributed by atoms with Crippen molar-refractivity contribution in [2.24, 2.45) is 5.73 Å². The van der Waals surface area contributed by atoms with Gasteiger partial charge in [0.05, 0.1) is 0 Å². The molecule has 1 aliphatic heterocycles. The Labute approximate surface area is 181 Å². The summed E-state index contributed by atoms with van der Waals surface area (Å²) in [6.45, 7) is 3.27. The third kappa shape index (κ3) is 3.49. The van der Waals surface area contributed by atoms with Crippen LogP contribution in [-0.2, 0) is 6.42 Å². The highest BCUT2D eigenvalue weighted by Crippen LogP contribution is 2.41. The molecule has 6 heteroatoms. The molecule has 31 heavy (non-hydrogen) atoms. The topological polar surface area (TPSA) is 79.5 Å². The molecule has 2 aromatic carbocycles. The Bertz CT molecular complexity index is 1180. The number of aromatic nitrogens is 1. The van der Waals surface area contributed by atoms with Crippen LogP contribution in [0.4, 0.5) is 0 Å². The molecule has 2 amide bonds. The Kier molecular flexibility index (Phi) is 4.79. The van der Waals surface area contributed by atoms with Crippen molar-refractivity contribution in [3.05, 3.63) is 77.1 Å². The second kappa shape index (κ2) is 7.63. The molecule has 0 unspecified atom stereocenters. The van der Waals surface area contributed by atoms with E-state index < -0.39 is 5.91 Å². The van der Waals surface area contributed by atoms with Crippen LogP contribution >= 0.6 is 0 Å². The number of benzene rings is 2. The van der Waals surface area contributed by atoms with E-state index in [1.165, 1.54) is 0 Å². The lowest BCUT2D eigenvalue weighted by Crippen LogP contribution is -2.47. The smallest absolute Gasteiger partial charge is 0.253 e. The molecule has 2 N–H and O–H groups in total. The second-order valence-corrected chi connectivity index (χ2v) is 8.30. The summed E-state index contributed by atoms with van der Waals surface area (Å²) in [5.74, 6) is -0.374. The predicted molar refractivity (Wildman–Crippen MR) is 120 cm³/mol. The fourth-order valence-electron chi connectivity index (χ4n) is 4.54. The number of nitrogens with zero attached hydrogens (tertiary/aromatic N) is 3. The van der Waals surface area contributed by atoms with Crippen LogP contribution in [0.2, 0.25) is 0 Å². The van der Waals surface area contributed by atoms with Gasteiger partial charge in [0, 0.05) is 55.3 Å². The Morgan fingerprint density at radius 2 is 1.77 bits per heavy atom. The van der Waals surface area contributed by atoms with Crippen LogP contribution in [0.5, 0.6) is 0 Å². The average Bonchev–Trinajstić information content (AvgIpc) is 3.16. The van der Waals surface area contributed by atoms with E-state index in [9.17, 15) is 9.59 Å². The molecule has 1 aromatic heterocycles. The molecule has 2 aliphatic rings. The van der Waals surface area contributed by atoms with Gasteiger partial charge in [0.2, 0.25) is 5.91 Å². The number of amides is 2. The Balaban J connectivity index is 1.53. The fourth-order valence-corrected chi connectivity index (χ4v) is 4.54. The molecular formula is C25H24N4O2. The van der Waals surface area contributed by atoms with E-state index in [0.29, 0.717) is 17.5 Å². The van der Waals surface area contributed by atoms with Crippen molar-refractivity contribution >= 4 is 11.8 Å². The molecule has 1 fully saturated rings. The number of fused-ring (bicyclic) bond motifs is 3. The van der Waals surface area contributed by atoms with Crippen LogP contribution in [-0.4, -0.2) is 59.8 Å². The van der Waals surface area contributed by atoms with Crippen molar-refractivity contribution in [1.82, 2.24) is 14.8 Å². The zero-order valence-electron chi connectivity index (χ0n) is 17.5. The molecule has 0 radical (unpaired) electrons. The van der Waals surface area contributed by atoms with Gasteiger partial charge in [-0.2, -0.15) is 0 Å². The highest BCUT2D eigenvalue weighted by Gasteiger charge is 2.27. The number of nitrogens with two attached hydrogens (primary N) is 1. The number of pyridine rings is 1. The number of piperazine rings is 1. The summed E-state index contributed by atoms with van der Waals surface area (Å²) in [6.07, 6.45) is 4.10. The zero-order chi connectivity index (χ0) is 21.5. The van der Waals surface area contributed by atoms with Crippen molar-refractivity contribution in [1.29, 1.82) is 0 Å². The molecule has 6 nitrogen and oxygen atoms in total. The summed E-state index contributed by atoms with van der Waals surface area (Å²) < 4.78 is 0. The lowest BCUT2D eigenvalue weighted by atomic mass is 9.94. The van der Waals surface area contributed by atoms with E-state index in [1.54, 1.807) is 12.4 Å². The zero-order valence-corrected chi connectivity index (χ0v) is 17.5. The standard InChI is InChI=1S/C25H24N4O2/c1-28-7-9-29(10-8-28)25(31)16-4-5-20-19(11-16)14-22-21(20)12-18(13-23(22)24(26)30)17-3-2-6-27-15-17/h2-6,11-13,15H,7-10,14H2,1H3,(H2,26,30). The molecule has 0 saturated carbocycles. The number of primary amides is 1. The van der Waals surface area contributed by atoms with Gasteiger partial charge < -0.3 is 15.5 Å². The van der Waals surface area contributed by atoms with E-state index in [-0.39, 0.29) is 5.91 Å². The molecule has 5 rings (SSSR count). The maximum atomic E-state index is 13.0. The highest BCUT2D eigenvalue weighted by atomic mass is 16.2. The monoisotopic (exact) mass is 412 g/mol. The fraction of sp³-hybridized carbons (Fsp3) is 0.240. The van der Waals surface area contributed by atoms with Crippen LogP contribution in [0.1, 0.15) is 31.8 Å². The van der Waals surface area contributed by atoms with Crippen molar-refractivity contribution in [2.75, 3.05) is 33.2 Å². The summed E-state index contributed by atoms with van der Waals surface area (Å²) in [5.41, 5.74) is 12.8. The van der Waals surface area contributed by atoms with Crippen LogP contribution in [0.25, 0.3) is 22.3 Å². The summed E-state index contributed by atoms with van der Waals surface area (Å²) in [6, 6.07) is 13.7. The molecule has 0 bridgehead atoms. The molecule has 0 atom stereocenters. The predicted octanol–water partition coefficient (Wildman–Crippen LogP) is 2.81. The van der Waals surface area contributed by atoms with Gasteiger partial charge in [-0.25, -0.2) is 0 Å². The maximum Gasteiger partial charge on any atom is 0.253 e. The first-order valence-corrected chi connectivity index (χ1v) is 10.5. The molecule has 2 heterocycles. The van der Waals surface area contributed by atoms with Crippen molar-refractivity contribution < 1.29 is 9.59 Å². The van der Waals surface area contributed by atoms with Crippen molar-refractivity contribution in [2.45, 2.75) is 6.42 Å². The molecule has 1 saturated heterocycles. The van der Waals surface area contributed by atoms with Gasteiger partial charge in [-0.15, -0.1) is 0 Å². The van der Waals surface area contributed by atoms with Crippen LogP contribution in [0.3, 0.4) is 0 Å². The van der Waals surface area contributed by atoms with E-state index in [2.05, 4.69) is 23.0 Å². The van der Waals surface area contributed by atoms with E-state index >= 15 is 0 Å². The summed E-state index contributed by atoms with van der Waals surface area (Å²) in [5, 5.41) is 0. The van der Waals surface area contributed by atoms with Gasteiger partial charge in [-0.1, -0.05) is 12.1 Å². The first-order chi connectivity index (χ1) is 15.0. The molecule has 1 aliphatic carbocycles. The minimum absolute atomic E-state index is 0.0676. The van der Waals surface area contributed by atoms with Gasteiger partial charge in [0.15, 0.2) is 0 Å². The number of rotatable bonds is 3. The van der Waals surface area contributed by atoms with Crippen molar-refractivity contribution in [3.63, 3.8) is 0 Å². The minimum Gasteiger partial charge on any atom is -0.366 e. The highest BCUT2D eigenvalue weighted by molar-refractivity contribution is 6.01. The maximum absolute atomic E-state index is 13.0. The lowest BCUT2D eigenvalue weighted by molar-refractivity contribution is 0.0664. The number of carbonyl (C=O) groups excluding carboxylic acids is 2. The first kappa shape index (κ1) is 19.5. The molecule has 0 spiro atoms. The quantitative estimate of drug-likeness (QED) is 0.561. The van der Waals surface area contributed by atoms with Crippen LogP contribution in [0, 0.1) is 0 Å². The average molecular weight is 412 g/mol. The normalized spacial score (nSPS) is 15.5. The SMILES string of the molecule is CN1CCN(C(=O)c2ccc3c(c2)Cc2c(C(N)=O)cc(-c4cccnc4)cc2-3)CC1. The summed E-state index contributed by atoms with van der Waals surface area (Å²) in [7, 11) is 2.07. The van der Waals surface area contributed by atoms with Gasteiger partial charge in [-0.3, -0.25) is 14.6 Å². The van der Waals surface area contributed by atoms with Gasteiger partial charge in [0.1, 0.15) is 0 Å². The molecule has 3 aromatic rings. The Hall–Kier alpha value is -3.51. The first-order valence-electron chi connectivity index (χ1n) is 10.5. The van der Waals surface area contributed by atoms with E-state index in [0.717, 1.165) is 59.6 Å². The number of hydrogen-bond acceptors (Lipinski definition) is 4. The van der Waals surface area contributed by atoms with Crippen LogP contribution in [0.15, 0.2) is 54.9 Å². The summed E-state index contributed by atoms with van der Waals surface area (Å²) >= 11 is 0. The number of likely N-dealkylation sites (N-methyl/N-ethyl adjacent to an activating group) is 1. The van der Waals surface area contributed by atoms with Gasteiger partial charge in [0.25, 0.3) is 5.91 Å². The third-order valence-electron chi connectivity index (χ3n) is 6.31. The van der Waals surface area contributed by atoms with E-state index in [4.69, 9.17) is 5.73 Å². The minimum atomic E-state index is -0.441. The molecular weight excluding hydrogens is 388 g/mol. The summed E-state index contributed by atoms with van der Waals surface area (Å²) in [4.78, 5) is 33.6. The van der Waals surface area contributed by atoms with Crippen molar-refractivity contribution in [3.8, 4) is 22.3 Å². The van der Waals surface area contributed by atoms with Crippen LogP contribution < -0.4 is 5.73 Å². The number of carbonyl (C=O) groups is 2. The van der Waals surface area contributed by atoms with Gasteiger partial charge >= 0.3 is 0 Å². The molecule has 156 valence electrons.